The number of amides is 4. The van der Waals surface area contributed by atoms with Crippen LogP contribution in [0.4, 0.5) is 10.5 Å². The van der Waals surface area contributed by atoms with Crippen LogP contribution < -0.4 is 5.32 Å². The average Bonchev–Trinajstić information content (AvgIpc) is 3.54. The van der Waals surface area contributed by atoms with E-state index in [0.717, 1.165) is 24.0 Å². The molecule has 2 aromatic carbocycles. The van der Waals surface area contributed by atoms with Gasteiger partial charge in [-0.1, -0.05) is 32.0 Å². The summed E-state index contributed by atoms with van der Waals surface area (Å²) in [6.07, 6.45) is 3.45. The lowest BCUT2D eigenvalue weighted by Crippen LogP contribution is -2.46. The van der Waals surface area contributed by atoms with E-state index < -0.39 is 22.8 Å². The lowest BCUT2D eigenvalue weighted by molar-refractivity contribution is -0.384. The number of urea groups is 1. The highest BCUT2D eigenvalue weighted by Gasteiger charge is 2.45. The molecule has 3 heterocycles. The molecule has 206 valence electrons. The third-order valence-electron chi connectivity index (χ3n) is 7.51. The number of benzene rings is 2. The van der Waals surface area contributed by atoms with Gasteiger partial charge in [0.15, 0.2) is 0 Å². The summed E-state index contributed by atoms with van der Waals surface area (Å²) in [6.45, 7) is 6.50. The minimum atomic E-state index is -0.786. The van der Waals surface area contributed by atoms with Crippen LogP contribution >= 0.6 is 0 Å². The highest BCUT2D eigenvalue weighted by molar-refractivity contribution is 6.53. The molecule has 5 rings (SSSR count). The first-order valence-electron chi connectivity index (χ1n) is 13.1. The number of aryl methyl sites for hydroxylation is 2. The van der Waals surface area contributed by atoms with Crippen molar-refractivity contribution in [1.29, 1.82) is 0 Å². The molecule has 1 aliphatic heterocycles. The number of nitro benzene ring substituents is 1. The van der Waals surface area contributed by atoms with Crippen molar-refractivity contribution in [2.75, 3.05) is 26.2 Å². The average molecular weight is 543 g/mol. The summed E-state index contributed by atoms with van der Waals surface area (Å²) in [4.78, 5) is 54.9. The molecule has 11 nitrogen and oxygen atoms in total. The summed E-state index contributed by atoms with van der Waals surface area (Å²) in [6, 6.07) is 11.1. The maximum atomic E-state index is 14.0. The number of nitrogens with one attached hydrogen (secondary N) is 1. The first kappa shape index (κ1) is 26.8. The zero-order valence-electron chi connectivity index (χ0n) is 22.8. The SMILES string of the molecule is CCN(CC)CCNC(=O)N1C(=O)C(c2cn(C)c3ccccc23)=C(c2cn(C)c3cc([N+](=O)[O-])ccc23)C1=O. The smallest absolute Gasteiger partial charge is 0.331 e. The molecular weight excluding hydrogens is 512 g/mol. The van der Waals surface area contributed by atoms with Crippen LogP contribution in [0.3, 0.4) is 0 Å². The maximum absolute atomic E-state index is 14.0. The minimum Gasteiger partial charge on any atom is -0.350 e. The molecule has 0 unspecified atom stereocenters. The number of para-hydroxylation sites is 1. The Labute approximate surface area is 230 Å². The van der Waals surface area contributed by atoms with E-state index in [-0.39, 0.29) is 23.4 Å². The number of carbonyl (C=O) groups excluding carboxylic acids is 3. The lowest BCUT2D eigenvalue weighted by atomic mass is 9.95. The van der Waals surface area contributed by atoms with Gasteiger partial charge in [0.1, 0.15) is 0 Å². The van der Waals surface area contributed by atoms with Gasteiger partial charge in [0, 0.05) is 79.1 Å². The van der Waals surface area contributed by atoms with E-state index in [1.165, 1.54) is 12.1 Å². The Balaban J connectivity index is 1.66. The summed E-state index contributed by atoms with van der Waals surface area (Å²) >= 11 is 0. The summed E-state index contributed by atoms with van der Waals surface area (Å²) in [5.41, 5.74) is 2.45. The molecular formula is C29H30N6O5. The molecule has 4 aromatic rings. The van der Waals surface area contributed by atoms with Gasteiger partial charge in [-0.3, -0.25) is 19.7 Å². The molecule has 0 fully saturated rings. The maximum Gasteiger partial charge on any atom is 0.331 e. The van der Waals surface area contributed by atoms with Crippen LogP contribution in [-0.4, -0.2) is 67.9 Å². The van der Waals surface area contributed by atoms with E-state index in [1.54, 1.807) is 30.1 Å². The second-order valence-electron chi connectivity index (χ2n) is 9.74. The summed E-state index contributed by atoms with van der Waals surface area (Å²) in [7, 11) is 3.56. The van der Waals surface area contributed by atoms with Gasteiger partial charge in [-0.15, -0.1) is 0 Å². The van der Waals surface area contributed by atoms with Crippen LogP contribution in [0.1, 0.15) is 25.0 Å². The van der Waals surface area contributed by atoms with E-state index in [0.29, 0.717) is 33.5 Å². The monoisotopic (exact) mass is 542 g/mol. The molecule has 0 saturated carbocycles. The summed E-state index contributed by atoms with van der Waals surface area (Å²) in [5, 5.41) is 15.4. The molecule has 0 bridgehead atoms. The van der Waals surface area contributed by atoms with Crippen molar-refractivity contribution in [3.05, 3.63) is 76.1 Å². The van der Waals surface area contributed by atoms with Gasteiger partial charge in [-0.25, -0.2) is 4.79 Å². The standard InChI is InChI=1S/C29H30N6O5/c1-5-33(6-2)14-13-30-29(38)34-27(36)25(21-16-31(3)23-10-8-7-9-19(21)23)26(28(34)37)22-17-32(4)24-15-18(35(39)40)11-12-20(22)24/h7-12,15-17H,5-6,13-14H2,1-4H3,(H,30,38). The van der Waals surface area contributed by atoms with Gasteiger partial charge in [0.2, 0.25) is 0 Å². The molecule has 0 radical (unpaired) electrons. The predicted octanol–water partition coefficient (Wildman–Crippen LogP) is 3.91. The normalized spacial score (nSPS) is 13.9. The van der Waals surface area contributed by atoms with Crippen molar-refractivity contribution in [1.82, 2.24) is 24.3 Å². The van der Waals surface area contributed by atoms with Gasteiger partial charge in [0.25, 0.3) is 17.5 Å². The Morgan fingerprint density at radius 1 is 0.900 bits per heavy atom. The lowest BCUT2D eigenvalue weighted by Gasteiger charge is -2.19. The first-order valence-corrected chi connectivity index (χ1v) is 13.1. The molecule has 0 saturated heterocycles. The van der Waals surface area contributed by atoms with Gasteiger partial charge >= 0.3 is 6.03 Å². The number of nitrogens with zero attached hydrogens (tertiary/aromatic N) is 5. The van der Waals surface area contributed by atoms with Crippen LogP contribution in [-0.2, 0) is 23.7 Å². The number of non-ortho nitro benzene ring substituents is 1. The van der Waals surface area contributed by atoms with Gasteiger partial charge in [-0.05, 0) is 25.2 Å². The Morgan fingerprint density at radius 3 is 2.08 bits per heavy atom. The molecule has 0 aliphatic carbocycles. The quantitative estimate of drug-likeness (QED) is 0.205. The second-order valence-corrected chi connectivity index (χ2v) is 9.74. The van der Waals surface area contributed by atoms with Crippen molar-refractivity contribution in [2.45, 2.75) is 13.8 Å². The van der Waals surface area contributed by atoms with Crippen LogP contribution in [0.2, 0.25) is 0 Å². The van der Waals surface area contributed by atoms with Crippen LogP contribution in [0.5, 0.6) is 0 Å². The number of hydrogen-bond acceptors (Lipinski definition) is 6. The van der Waals surface area contributed by atoms with E-state index in [1.807, 2.05) is 49.7 Å². The third kappa shape index (κ3) is 4.34. The Hall–Kier alpha value is -4.77. The fraction of sp³-hybridized carbons (Fsp3) is 0.276. The van der Waals surface area contributed by atoms with Crippen LogP contribution in [0.25, 0.3) is 33.0 Å². The summed E-state index contributed by atoms with van der Waals surface area (Å²) < 4.78 is 3.54. The van der Waals surface area contributed by atoms with Gasteiger partial charge in [0.05, 0.1) is 21.6 Å². The molecule has 1 aliphatic rings. The molecule has 2 aromatic heterocycles. The number of fused-ring (bicyclic) bond motifs is 2. The topological polar surface area (TPSA) is 123 Å². The number of hydrogen-bond donors (Lipinski definition) is 1. The molecule has 0 spiro atoms. The molecule has 1 N–H and O–H groups in total. The number of imide groups is 3. The Bertz CT molecular complexity index is 1730. The highest BCUT2D eigenvalue weighted by Crippen LogP contribution is 2.42. The first-order chi connectivity index (χ1) is 19.2. The zero-order chi connectivity index (χ0) is 28.7. The predicted molar refractivity (Wildman–Crippen MR) is 152 cm³/mol. The molecule has 0 atom stereocenters. The molecule has 40 heavy (non-hydrogen) atoms. The fourth-order valence-electron chi connectivity index (χ4n) is 5.38. The number of aromatic nitrogens is 2. The van der Waals surface area contributed by atoms with E-state index in [2.05, 4.69) is 10.2 Å². The van der Waals surface area contributed by atoms with Crippen molar-refractivity contribution in [2.24, 2.45) is 14.1 Å². The van der Waals surface area contributed by atoms with Crippen molar-refractivity contribution < 1.29 is 19.3 Å². The zero-order valence-corrected chi connectivity index (χ0v) is 22.8. The largest absolute Gasteiger partial charge is 0.350 e. The molecule has 11 heteroatoms. The van der Waals surface area contributed by atoms with E-state index in [9.17, 15) is 24.5 Å². The Morgan fingerprint density at radius 2 is 1.48 bits per heavy atom. The van der Waals surface area contributed by atoms with Gasteiger partial charge in [-0.2, -0.15) is 4.90 Å². The van der Waals surface area contributed by atoms with Crippen molar-refractivity contribution >= 4 is 56.5 Å². The minimum absolute atomic E-state index is 0.0831. The molecule has 4 amide bonds. The number of likely N-dealkylation sites (N-methyl/N-ethyl adjacent to an activating group) is 1. The van der Waals surface area contributed by atoms with Crippen molar-refractivity contribution in [3.8, 4) is 0 Å². The third-order valence-corrected chi connectivity index (χ3v) is 7.51. The fourth-order valence-corrected chi connectivity index (χ4v) is 5.38. The van der Waals surface area contributed by atoms with Crippen LogP contribution in [0, 0.1) is 10.1 Å². The van der Waals surface area contributed by atoms with E-state index >= 15 is 0 Å². The van der Waals surface area contributed by atoms with Crippen molar-refractivity contribution in [3.63, 3.8) is 0 Å². The number of carbonyl (C=O) groups is 3. The van der Waals surface area contributed by atoms with E-state index in [4.69, 9.17) is 0 Å². The number of rotatable bonds is 8. The number of nitro groups is 1. The Kier molecular flexibility index (Phi) is 6.99. The highest BCUT2D eigenvalue weighted by atomic mass is 16.6. The van der Waals surface area contributed by atoms with Crippen LogP contribution in [0.15, 0.2) is 54.9 Å². The summed E-state index contributed by atoms with van der Waals surface area (Å²) in [5.74, 6) is -1.45. The van der Waals surface area contributed by atoms with Gasteiger partial charge < -0.3 is 19.4 Å². The second kappa shape index (κ2) is 10.4.